The zero-order chi connectivity index (χ0) is 20.4. The molecule has 29 heavy (non-hydrogen) atoms. The second kappa shape index (κ2) is 8.00. The number of hydrogen-bond acceptors (Lipinski definition) is 7. The zero-order valence-corrected chi connectivity index (χ0v) is 16.7. The Kier molecular flexibility index (Phi) is 5.26. The molecule has 0 bridgehead atoms. The summed E-state index contributed by atoms with van der Waals surface area (Å²) in [4.78, 5) is 53.3. The van der Waals surface area contributed by atoms with Crippen LogP contribution in [0.15, 0.2) is 45.7 Å². The predicted molar refractivity (Wildman–Crippen MR) is 110 cm³/mol. The quantitative estimate of drug-likeness (QED) is 0.677. The van der Waals surface area contributed by atoms with E-state index in [0.29, 0.717) is 26.2 Å². The van der Waals surface area contributed by atoms with Gasteiger partial charge in [-0.25, -0.2) is 14.8 Å². The van der Waals surface area contributed by atoms with Gasteiger partial charge in [0.15, 0.2) is 0 Å². The summed E-state index contributed by atoms with van der Waals surface area (Å²) in [5.74, 6) is 0.455. The number of piperazine rings is 1. The number of amides is 1. The Morgan fingerprint density at radius 1 is 1.21 bits per heavy atom. The van der Waals surface area contributed by atoms with Crippen molar-refractivity contribution in [1.82, 2.24) is 24.4 Å². The Balaban J connectivity index is 1.50. The third-order valence-corrected chi connectivity index (χ3v) is 5.73. The van der Waals surface area contributed by atoms with Crippen LogP contribution in [0, 0.1) is 6.92 Å². The molecular formula is C19H20N6O3S. The van der Waals surface area contributed by atoms with Crippen LogP contribution in [-0.2, 0) is 6.54 Å². The number of anilines is 1. The van der Waals surface area contributed by atoms with E-state index in [0.717, 1.165) is 21.0 Å². The molecule has 0 saturated carbocycles. The first-order valence-electron chi connectivity index (χ1n) is 9.20. The van der Waals surface area contributed by atoms with Gasteiger partial charge in [0.1, 0.15) is 17.7 Å². The lowest BCUT2D eigenvalue weighted by Crippen LogP contribution is -2.50. The number of H-pyrrole nitrogens is 1. The number of rotatable bonds is 4. The number of thiophene rings is 1. The van der Waals surface area contributed by atoms with Crippen molar-refractivity contribution in [2.75, 3.05) is 31.1 Å². The molecule has 0 radical (unpaired) electrons. The molecule has 0 aliphatic carbocycles. The summed E-state index contributed by atoms with van der Waals surface area (Å²) in [6.45, 7) is 4.19. The van der Waals surface area contributed by atoms with Crippen molar-refractivity contribution in [3.63, 3.8) is 0 Å². The van der Waals surface area contributed by atoms with E-state index in [1.54, 1.807) is 4.90 Å². The molecule has 1 amide bonds. The van der Waals surface area contributed by atoms with Gasteiger partial charge in [-0.2, -0.15) is 0 Å². The fourth-order valence-corrected chi connectivity index (χ4v) is 3.98. The third-order valence-electron chi connectivity index (χ3n) is 4.87. The first-order valence-corrected chi connectivity index (χ1v) is 10.1. The molecule has 1 aliphatic heterocycles. The van der Waals surface area contributed by atoms with Gasteiger partial charge in [0.25, 0.3) is 11.5 Å². The van der Waals surface area contributed by atoms with E-state index in [2.05, 4.69) is 19.9 Å². The van der Waals surface area contributed by atoms with Crippen molar-refractivity contribution in [2.24, 2.45) is 0 Å². The van der Waals surface area contributed by atoms with Crippen LogP contribution in [0.4, 0.5) is 5.82 Å². The van der Waals surface area contributed by atoms with Crippen LogP contribution in [-0.4, -0.2) is 56.5 Å². The topological polar surface area (TPSA) is 104 Å². The maximum Gasteiger partial charge on any atom is 0.328 e. The number of nitrogens with one attached hydrogen (secondary N) is 1. The van der Waals surface area contributed by atoms with Gasteiger partial charge >= 0.3 is 5.69 Å². The van der Waals surface area contributed by atoms with Crippen LogP contribution < -0.4 is 16.1 Å². The highest BCUT2D eigenvalue weighted by atomic mass is 32.1. The van der Waals surface area contributed by atoms with Gasteiger partial charge in [-0.3, -0.25) is 14.2 Å². The summed E-state index contributed by atoms with van der Waals surface area (Å²) in [5, 5.41) is 1.88. The van der Waals surface area contributed by atoms with Gasteiger partial charge < -0.3 is 14.8 Å². The van der Waals surface area contributed by atoms with Crippen LogP contribution in [0.2, 0.25) is 0 Å². The molecule has 9 nitrogen and oxygen atoms in total. The lowest BCUT2D eigenvalue weighted by molar-refractivity contribution is 0.0743. The van der Waals surface area contributed by atoms with Crippen molar-refractivity contribution in [3.8, 4) is 0 Å². The number of aromatic nitrogens is 4. The number of carbonyl (C=O) groups is 1. The van der Waals surface area contributed by atoms with E-state index >= 15 is 0 Å². The molecule has 3 aromatic rings. The average molecular weight is 412 g/mol. The van der Waals surface area contributed by atoms with E-state index in [1.165, 1.54) is 23.9 Å². The van der Waals surface area contributed by atoms with Crippen molar-refractivity contribution in [2.45, 2.75) is 13.5 Å². The van der Waals surface area contributed by atoms with Crippen LogP contribution in [0.5, 0.6) is 0 Å². The van der Waals surface area contributed by atoms with E-state index in [1.807, 2.05) is 30.5 Å². The van der Waals surface area contributed by atoms with Crippen molar-refractivity contribution in [3.05, 3.63) is 73.1 Å². The summed E-state index contributed by atoms with van der Waals surface area (Å²) in [6.07, 6.45) is 2.75. The summed E-state index contributed by atoms with van der Waals surface area (Å²) in [5.41, 5.74) is -0.231. The first-order chi connectivity index (χ1) is 14.0. The van der Waals surface area contributed by atoms with Crippen molar-refractivity contribution >= 4 is 23.1 Å². The van der Waals surface area contributed by atoms with Crippen LogP contribution in [0.3, 0.4) is 0 Å². The maximum atomic E-state index is 12.9. The fraction of sp³-hybridized carbons (Fsp3) is 0.316. The molecule has 1 N–H and O–H groups in total. The number of carbonyl (C=O) groups excluding carboxylic acids is 1. The van der Waals surface area contributed by atoms with Gasteiger partial charge in [0.05, 0.1) is 6.54 Å². The maximum absolute atomic E-state index is 12.9. The van der Waals surface area contributed by atoms with Gasteiger partial charge in [-0.05, 0) is 18.4 Å². The smallest absolute Gasteiger partial charge is 0.328 e. The number of hydrogen-bond donors (Lipinski definition) is 1. The molecule has 4 rings (SSSR count). The molecular weight excluding hydrogens is 392 g/mol. The highest BCUT2D eigenvalue weighted by Crippen LogP contribution is 2.14. The third kappa shape index (κ3) is 3.97. The lowest BCUT2D eigenvalue weighted by atomic mass is 10.2. The van der Waals surface area contributed by atoms with Crippen molar-refractivity contribution < 1.29 is 4.79 Å². The Hall–Kier alpha value is -3.27. The summed E-state index contributed by atoms with van der Waals surface area (Å²) >= 11 is 1.45. The molecule has 0 atom stereocenters. The molecule has 0 unspecified atom stereocenters. The number of aromatic amines is 1. The Bertz CT molecular complexity index is 1130. The van der Waals surface area contributed by atoms with E-state index < -0.39 is 11.2 Å². The Morgan fingerprint density at radius 3 is 2.69 bits per heavy atom. The Morgan fingerprint density at radius 2 is 2.00 bits per heavy atom. The predicted octanol–water partition coefficient (Wildman–Crippen LogP) is 0.707. The lowest BCUT2D eigenvalue weighted by Gasteiger charge is -2.35. The van der Waals surface area contributed by atoms with Crippen molar-refractivity contribution in [1.29, 1.82) is 0 Å². The fourth-order valence-electron chi connectivity index (χ4n) is 3.29. The summed E-state index contributed by atoms with van der Waals surface area (Å²) < 4.78 is 1.07. The minimum absolute atomic E-state index is 0.0208. The van der Waals surface area contributed by atoms with Crippen LogP contribution in [0.25, 0.3) is 0 Å². The Labute approximate surface area is 170 Å². The van der Waals surface area contributed by atoms with Gasteiger partial charge in [0.2, 0.25) is 0 Å². The minimum Gasteiger partial charge on any atom is -0.353 e. The standard InChI is InChI=1S/C19H20N6O3S/c1-13-9-16(22-12-21-13)23-4-6-24(7-5-23)17(26)15-10-20-19(28)25(18(15)27)11-14-3-2-8-29-14/h2-3,8-10,12H,4-7,11H2,1H3,(H,20,28). The second-order valence-electron chi connectivity index (χ2n) is 6.77. The number of nitrogens with zero attached hydrogens (tertiary/aromatic N) is 5. The first kappa shape index (κ1) is 19.1. The van der Waals surface area contributed by atoms with E-state index in [-0.39, 0.29) is 18.0 Å². The molecule has 0 aromatic carbocycles. The number of aryl methyl sites for hydroxylation is 1. The monoisotopic (exact) mass is 412 g/mol. The zero-order valence-electron chi connectivity index (χ0n) is 15.9. The molecule has 0 spiro atoms. The molecule has 3 aromatic heterocycles. The van der Waals surface area contributed by atoms with E-state index in [4.69, 9.17) is 0 Å². The molecule has 150 valence electrons. The summed E-state index contributed by atoms with van der Waals surface area (Å²) in [6, 6.07) is 5.61. The molecule has 4 heterocycles. The second-order valence-corrected chi connectivity index (χ2v) is 7.81. The molecule has 1 saturated heterocycles. The normalized spacial score (nSPS) is 14.2. The SMILES string of the molecule is Cc1cc(N2CCN(C(=O)c3c[nH]c(=O)n(Cc4cccs4)c3=O)CC2)ncn1. The van der Waals surface area contributed by atoms with E-state index in [9.17, 15) is 14.4 Å². The highest BCUT2D eigenvalue weighted by molar-refractivity contribution is 7.09. The van der Waals surface area contributed by atoms with Crippen LogP contribution >= 0.6 is 11.3 Å². The van der Waals surface area contributed by atoms with Crippen LogP contribution in [0.1, 0.15) is 20.9 Å². The van der Waals surface area contributed by atoms with Gasteiger partial charge in [-0.1, -0.05) is 6.07 Å². The summed E-state index contributed by atoms with van der Waals surface area (Å²) in [7, 11) is 0. The minimum atomic E-state index is -0.569. The molecule has 1 fully saturated rings. The molecule has 1 aliphatic rings. The highest BCUT2D eigenvalue weighted by Gasteiger charge is 2.25. The van der Waals surface area contributed by atoms with Gasteiger partial charge in [-0.15, -0.1) is 11.3 Å². The van der Waals surface area contributed by atoms with Gasteiger partial charge in [0, 0.05) is 49.0 Å². The molecule has 10 heteroatoms. The largest absolute Gasteiger partial charge is 0.353 e. The average Bonchev–Trinajstić information content (AvgIpc) is 3.24.